The highest BCUT2D eigenvalue weighted by atomic mass is 79.9. The lowest BCUT2D eigenvalue weighted by atomic mass is 10.1. The molecule has 414 valence electrons. The second-order valence-corrected chi connectivity index (χ2v) is 25.0. The molecule has 79 heavy (non-hydrogen) atoms. The molecule has 4 aromatic heterocycles. The molecule has 0 aliphatic carbocycles. The Morgan fingerprint density at radius 3 is 1.41 bits per heavy atom. The van der Waals surface area contributed by atoms with E-state index >= 15 is 0 Å². The molecule has 0 saturated carbocycles. The first-order valence-electron chi connectivity index (χ1n) is 23.2. The summed E-state index contributed by atoms with van der Waals surface area (Å²) in [7, 11) is 0. The maximum Gasteiger partial charge on any atom is 0.439 e. The van der Waals surface area contributed by atoms with E-state index in [1.165, 1.54) is 71.2 Å². The lowest BCUT2D eigenvalue weighted by Crippen LogP contribution is -2.04. The molecule has 0 saturated heterocycles. The van der Waals surface area contributed by atoms with Crippen LogP contribution >= 0.6 is 69.9 Å². The Labute approximate surface area is 476 Å². The Morgan fingerprint density at radius 2 is 1.03 bits per heavy atom. The molecule has 3 N–H and O–H groups in total. The average Bonchev–Trinajstić information content (AvgIpc) is 4.24. The van der Waals surface area contributed by atoms with Gasteiger partial charge >= 0.3 is 27.0 Å². The van der Waals surface area contributed by atoms with Crippen LogP contribution in [0.3, 0.4) is 0 Å². The van der Waals surface area contributed by atoms with Gasteiger partial charge in [-0.3, -0.25) is 19.0 Å². The van der Waals surface area contributed by atoms with E-state index in [-0.39, 0.29) is 57.3 Å². The summed E-state index contributed by atoms with van der Waals surface area (Å²) in [6.45, 7) is 1.02. The van der Waals surface area contributed by atoms with E-state index in [1.54, 1.807) is 0 Å². The first-order valence-corrected chi connectivity index (χ1v) is 27.6. The summed E-state index contributed by atoms with van der Waals surface area (Å²) in [4.78, 5) is 37.5. The number of hydrogen-bond acceptors (Lipinski definition) is 14. The molecule has 9 rings (SSSR count). The number of aromatic nitrogens is 6. The van der Waals surface area contributed by atoms with Gasteiger partial charge in [-0.2, -0.15) is 26.3 Å². The van der Waals surface area contributed by atoms with E-state index in [1.807, 2.05) is 30.3 Å². The summed E-state index contributed by atoms with van der Waals surface area (Å²) in [6, 6.07) is 27.4. The fourth-order valence-corrected chi connectivity index (χ4v) is 9.18. The smallest absolute Gasteiger partial charge is 0.439 e. The van der Waals surface area contributed by atoms with Gasteiger partial charge in [-0.25, -0.2) is 28.3 Å². The second kappa shape index (κ2) is 28.2. The van der Waals surface area contributed by atoms with Gasteiger partial charge in [0, 0.05) is 36.5 Å². The Hall–Kier alpha value is -6.30. The lowest BCUT2D eigenvalue weighted by Gasteiger charge is -2.08. The van der Waals surface area contributed by atoms with E-state index in [2.05, 4.69) is 86.6 Å². The number of rotatable bonds is 19. The number of thiazole rings is 2. The molecule has 0 amide bonds. The molecule has 9 aromatic rings. The zero-order chi connectivity index (χ0) is 56.7. The van der Waals surface area contributed by atoms with Gasteiger partial charge < -0.3 is 19.3 Å². The lowest BCUT2D eigenvalue weighted by molar-refractivity contribution is -0.138. The number of aryl methyl sites for hydroxylation is 2. The van der Waals surface area contributed by atoms with Crippen molar-refractivity contribution in [3.8, 4) is 55.4 Å². The minimum absolute atomic E-state index is 0.0317. The number of halogens is 11. The summed E-state index contributed by atoms with van der Waals surface area (Å²) in [6.07, 6.45) is -6.76. The van der Waals surface area contributed by atoms with Gasteiger partial charge in [0.15, 0.2) is 11.6 Å². The van der Waals surface area contributed by atoms with Gasteiger partial charge in [-0.1, -0.05) is 64.9 Å². The van der Waals surface area contributed by atoms with E-state index < -0.39 is 46.6 Å². The fraction of sp³-hybridized carbons (Fsp3) is 0.216. The molecule has 0 atom stereocenters. The third-order valence-corrected chi connectivity index (χ3v) is 13.1. The number of nitrogens with one attached hydrogen (secondary N) is 2. The number of ether oxygens (including phenoxy) is 3. The maximum absolute atomic E-state index is 14.7. The van der Waals surface area contributed by atoms with Crippen LogP contribution in [0.2, 0.25) is 0 Å². The van der Waals surface area contributed by atoms with Crippen LogP contribution < -0.4 is 21.0 Å². The van der Waals surface area contributed by atoms with Gasteiger partial charge in [0.1, 0.15) is 46.4 Å². The van der Waals surface area contributed by atoms with Crippen LogP contribution in [0.4, 0.5) is 35.1 Å². The SMILES string of the molecule is BrB(Br)Br.O=c1[nH]c(-c2ccc(OCc3sc(-c4ccc(C(F)(F)F)cc4)nc3CCCO)cc2F)no1.O=c1[nH]c(-c2ccc(OCc3sc(-c4ccc(C(F)(F)F)cc4)nc3CCCOCc3ccccc3)cc2F)no1. The largest absolute Gasteiger partial charge is 0.488 e. The van der Waals surface area contributed by atoms with Gasteiger partial charge in [-0.05, 0) is 79.8 Å². The third-order valence-electron chi connectivity index (χ3n) is 10.9. The quantitative estimate of drug-likeness (QED) is 0.0395. The number of benzene rings is 5. The molecule has 0 aliphatic heterocycles. The van der Waals surface area contributed by atoms with Gasteiger partial charge in [0.25, 0.3) is 0 Å². The van der Waals surface area contributed by atoms with E-state index in [4.69, 9.17) is 14.2 Å². The number of alkyl halides is 6. The molecular formula is C51H40BBr3F8N6O8S2. The predicted octanol–water partition coefficient (Wildman–Crippen LogP) is 14.0. The molecule has 14 nitrogen and oxygen atoms in total. The second-order valence-electron chi connectivity index (χ2n) is 16.4. The number of nitrogens with zero attached hydrogens (tertiary/aromatic N) is 4. The van der Waals surface area contributed by atoms with Gasteiger partial charge in [-0.15, -0.1) is 69.9 Å². The van der Waals surface area contributed by atoms with Crippen molar-refractivity contribution in [1.29, 1.82) is 0 Å². The summed E-state index contributed by atoms with van der Waals surface area (Å²) in [5, 5.41) is 17.2. The van der Waals surface area contributed by atoms with Crippen molar-refractivity contribution < 1.29 is 63.5 Å². The summed E-state index contributed by atoms with van der Waals surface area (Å²) >= 11 is 11.9. The molecular weight excluding hydrogens is 1290 g/mol. The van der Waals surface area contributed by atoms with Crippen molar-refractivity contribution in [2.24, 2.45) is 0 Å². The van der Waals surface area contributed by atoms with Crippen LogP contribution in [0.25, 0.3) is 43.9 Å². The fourth-order valence-electron chi connectivity index (χ4n) is 7.13. The molecule has 0 spiro atoms. The minimum Gasteiger partial charge on any atom is -0.488 e. The Morgan fingerprint density at radius 1 is 0.595 bits per heavy atom. The number of aliphatic hydroxyl groups excluding tert-OH is 1. The van der Waals surface area contributed by atoms with E-state index in [9.17, 15) is 49.8 Å². The van der Waals surface area contributed by atoms with Crippen LogP contribution in [0.5, 0.6) is 11.5 Å². The normalized spacial score (nSPS) is 11.4. The Balaban J connectivity index is 0.000000217. The van der Waals surface area contributed by atoms with E-state index in [0.29, 0.717) is 70.6 Å². The first kappa shape index (κ1) is 60.3. The van der Waals surface area contributed by atoms with Crippen molar-refractivity contribution in [2.45, 2.75) is 57.9 Å². The Bertz CT molecular complexity index is 3500. The van der Waals surface area contributed by atoms with Crippen molar-refractivity contribution in [2.75, 3.05) is 13.2 Å². The minimum atomic E-state index is -4.43. The number of aromatic amines is 2. The molecule has 5 aromatic carbocycles. The topological polar surface area (TPSA) is 191 Å². The summed E-state index contributed by atoms with van der Waals surface area (Å²) in [5.74, 6) is -2.60. The highest BCUT2D eigenvalue weighted by molar-refractivity contribution is 9.69. The van der Waals surface area contributed by atoms with Gasteiger partial charge in [0.05, 0.1) is 50.0 Å². The number of aliphatic hydroxyl groups is 1. The van der Waals surface area contributed by atoms with Crippen LogP contribution in [-0.4, -0.2) is 51.8 Å². The predicted molar refractivity (Wildman–Crippen MR) is 291 cm³/mol. The highest BCUT2D eigenvalue weighted by Crippen LogP contribution is 2.36. The monoisotopic (exact) mass is 1330 g/mol. The third kappa shape index (κ3) is 17.9. The molecule has 0 radical (unpaired) electrons. The van der Waals surface area contributed by atoms with Crippen molar-refractivity contribution in [3.63, 3.8) is 0 Å². The number of hydrogen-bond donors (Lipinski definition) is 3. The van der Waals surface area contributed by atoms with Crippen LogP contribution in [0.1, 0.15) is 50.7 Å². The molecule has 0 fully saturated rings. The zero-order valence-electron chi connectivity index (χ0n) is 40.5. The first-order chi connectivity index (χ1) is 37.7. The molecule has 0 aliphatic rings. The molecule has 4 heterocycles. The molecule has 0 bridgehead atoms. The summed E-state index contributed by atoms with van der Waals surface area (Å²) in [5.41, 5.74) is 2.09. The zero-order valence-corrected chi connectivity index (χ0v) is 46.9. The molecule has 28 heteroatoms. The highest BCUT2D eigenvalue weighted by Gasteiger charge is 2.31. The van der Waals surface area contributed by atoms with Gasteiger partial charge in [0.2, 0.25) is 0 Å². The summed E-state index contributed by atoms with van der Waals surface area (Å²) < 4.78 is 133. The number of H-pyrrole nitrogens is 2. The van der Waals surface area contributed by atoms with Crippen LogP contribution in [-0.2, 0) is 49.8 Å². The van der Waals surface area contributed by atoms with E-state index in [0.717, 1.165) is 52.5 Å². The Kier molecular flexibility index (Phi) is 21.6. The standard InChI is InChI=1S/C29H23F4N3O4S.C22H17F4N3O4S.BBr3/c30-23-15-21(12-13-22(23)26-35-28(37)40-36-26)39-17-25-24(7-4-14-38-16-18-5-2-1-3-6-18)34-27(41-25)19-8-10-20(11-9-19)29(31,32)33;23-16-10-14(7-8-15(16)19-28-21(31)33-29-19)32-11-18-17(2-1-9-30)27-20(34-18)12-3-5-13(6-4-12)22(24,25)26;2-1(3)4/h1-3,5-6,8-13,15H,4,7,14,16-17H2,(H,35,36,37);3-8,10,30H,1-2,9,11H2,(H,28,29,31);. The molecule has 0 unspecified atom stereocenters. The van der Waals surface area contributed by atoms with Crippen molar-refractivity contribution in [3.05, 3.63) is 186 Å². The average molecular weight is 1330 g/mol. The van der Waals surface area contributed by atoms with Crippen LogP contribution in [0, 0.1) is 11.6 Å². The van der Waals surface area contributed by atoms with Crippen LogP contribution in [0.15, 0.2) is 134 Å². The maximum atomic E-state index is 14.7. The van der Waals surface area contributed by atoms with Crippen molar-refractivity contribution in [1.82, 2.24) is 30.2 Å². The van der Waals surface area contributed by atoms with Crippen molar-refractivity contribution >= 4 is 73.1 Å².